The lowest BCUT2D eigenvalue weighted by atomic mass is 9.93. The molecule has 1 aromatic carbocycles. The minimum atomic E-state index is -0.547. The van der Waals surface area contributed by atoms with E-state index in [-0.39, 0.29) is 28.1 Å². The van der Waals surface area contributed by atoms with Crippen LogP contribution < -0.4 is 15.0 Å². The Balaban J connectivity index is 1.44. The number of rotatable bonds is 4. The molecule has 5 rings (SSSR count). The van der Waals surface area contributed by atoms with Crippen molar-refractivity contribution in [2.75, 3.05) is 31.6 Å². The summed E-state index contributed by atoms with van der Waals surface area (Å²) in [5.74, 6) is -0.171. The van der Waals surface area contributed by atoms with Gasteiger partial charge in [-0.1, -0.05) is 36.0 Å². The molecule has 1 N–H and O–H groups in total. The summed E-state index contributed by atoms with van der Waals surface area (Å²) < 4.78 is 19.0. The number of nitrogens with zero attached hydrogens (tertiary/aromatic N) is 4. The van der Waals surface area contributed by atoms with Crippen LogP contribution in [0.5, 0.6) is 5.88 Å². The Bertz CT molecular complexity index is 1210. The van der Waals surface area contributed by atoms with Gasteiger partial charge in [-0.3, -0.25) is 9.79 Å². The molecule has 1 saturated heterocycles. The topological polar surface area (TPSA) is 79.7 Å². The number of nitrogens with one attached hydrogen (secondary N) is 1. The number of aliphatic imine (C=N–C) groups is 1. The SMILES string of the molecule is COc1nc(N2C[C@@H]3CN=C(NC(=O)c4ccccc4)S[C@@]3(c3cccs3)C2)nc(C)c1F. The number of amides is 1. The fourth-order valence-electron chi connectivity index (χ4n) is 4.23. The van der Waals surface area contributed by atoms with E-state index < -0.39 is 5.82 Å². The lowest BCUT2D eigenvalue weighted by Crippen LogP contribution is -2.42. The highest BCUT2D eigenvalue weighted by Gasteiger charge is 2.52. The second-order valence-corrected chi connectivity index (χ2v) is 10.2. The highest BCUT2D eigenvalue weighted by molar-refractivity contribution is 8.14. The van der Waals surface area contributed by atoms with Crippen molar-refractivity contribution in [3.8, 4) is 5.88 Å². The Morgan fingerprint density at radius 1 is 1.24 bits per heavy atom. The van der Waals surface area contributed by atoms with E-state index in [0.29, 0.717) is 36.3 Å². The van der Waals surface area contributed by atoms with E-state index in [1.165, 1.54) is 12.0 Å². The van der Waals surface area contributed by atoms with Crippen LogP contribution in [0.4, 0.5) is 10.3 Å². The van der Waals surface area contributed by atoms with Crippen molar-refractivity contribution < 1.29 is 13.9 Å². The highest BCUT2D eigenvalue weighted by atomic mass is 32.2. The van der Waals surface area contributed by atoms with Gasteiger partial charge in [0.1, 0.15) is 0 Å². The largest absolute Gasteiger partial charge is 0.479 e. The number of hydrogen-bond acceptors (Lipinski definition) is 8. The predicted octanol–water partition coefficient (Wildman–Crippen LogP) is 3.86. The number of hydrogen-bond donors (Lipinski definition) is 1. The number of carbonyl (C=O) groups is 1. The predicted molar refractivity (Wildman–Crippen MR) is 129 cm³/mol. The average Bonchev–Trinajstić information content (AvgIpc) is 3.50. The van der Waals surface area contributed by atoms with Crippen LogP contribution in [0.2, 0.25) is 0 Å². The first-order chi connectivity index (χ1) is 16.0. The molecular formula is C23H22FN5O2S2. The number of thiophene rings is 1. The summed E-state index contributed by atoms with van der Waals surface area (Å²) in [7, 11) is 1.40. The number of halogens is 1. The number of carbonyl (C=O) groups excluding carboxylic acids is 1. The van der Waals surface area contributed by atoms with Crippen molar-refractivity contribution in [2.24, 2.45) is 10.9 Å². The summed E-state index contributed by atoms with van der Waals surface area (Å²) in [5.41, 5.74) is 0.833. The van der Waals surface area contributed by atoms with Gasteiger partial charge in [0.15, 0.2) is 5.17 Å². The van der Waals surface area contributed by atoms with Crippen LogP contribution in [-0.4, -0.2) is 47.8 Å². The molecule has 0 aliphatic carbocycles. The number of amidine groups is 1. The van der Waals surface area contributed by atoms with Crippen LogP contribution in [0, 0.1) is 18.7 Å². The number of methoxy groups -OCH3 is 1. The quantitative estimate of drug-likeness (QED) is 0.607. The Labute approximate surface area is 199 Å². The van der Waals surface area contributed by atoms with Gasteiger partial charge in [-0.2, -0.15) is 9.37 Å². The van der Waals surface area contributed by atoms with Crippen molar-refractivity contribution in [3.05, 3.63) is 69.8 Å². The molecule has 3 aromatic rings. The molecule has 2 aliphatic heterocycles. The Kier molecular flexibility index (Phi) is 5.79. The molecule has 2 aliphatic rings. The molecule has 10 heteroatoms. The maximum atomic E-state index is 14.2. The zero-order chi connectivity index (χ0) is 23.0. The Morgan fingerprint density at radius 3 is 2.79 bits per heavy atom. The van der Waals surface area contributed by atoms with Gasteiger partial charge < -0.3 is 15.0 Å². The van der Waals surface area contributed by atoms with Crippen LogP contribution in [0.1, 0.15) is 20.9 Å². The van der Waals surface area contributed by atoms with Crippen molar-refractivity contribution in [3.63, 3.8) is 0 Å². The van der Waals surface area contributed by atoms with Gasteiger partial charge in [0.25, 0.3) is 11.8 Å². The summed E-state index contributed by atoms with van der Waals surface area (Å²) in [6, 6.07) is 13.3. The van der Waals surface area contributed by atoms with Crippen LogP contribution >= 0.6 is 23.1 Å². The number of thioether (sulfide) groups is 1. The molecule has 170 valence electrons. The highest BCUT2D eigenvalue weighted by Crippen LogP contribution is 2.52. The van der Waals surface area contributed by atoms with Gasteiger partial charge in [-0.05, 0) is 30.5 Å². The number of aryl methyl sites for hydroxylation is 1. The molecule has 4 heterocycles. The van der Waals surface area contributed by atoms with Crippen molar-refractivity contribution >= 4 is 40.1 Å². The van der Waals surface area contributed by atoms with Crippen LogP contribution in [0.25, 0.3) is 0 Å². The molecule has 1 amide bonds. The molecule has 0 saturated carbocycles. The zero-order valence-electron chi connectivity index (χ0n) is 18.1. The summed E-state index contributed by atoms with van der Waals surface area (Å²) in [5, 5.41) is 5.64. The average molecular weight is 484 g/mol. The molecule has 7 nitrogen and oxygen atoms in total. The van der Waals surface area contributed by atoms with Crippen LogP contribution in [0.15, 0.2) is 52.8 Å². The van der Waals surface area contributed by atoms with E-state index in [9.17, 15) is 9.18 Å². The summed E-state index contributed by atoms with van der Waals surface area (Å²) in [4.78, 5) is 29.4. The number of aromatic nitrogens is 2. The lowest BCUT2D eigenvalue weighted by Gasteiger charge is -2.35. The van der Waals surface area contributed by atoms with Crippen molar-refractivity contribution in [1.82, 2.24) is 15.3 Å². The van der Waals surface area contributed by atoms with Gasteiger partial charge in [-0.15, -0.1) is 11.3 Å². The van der Waals surface area contributed by atoms with E-state index >= 15 is 0 Å². The third kappa shape index (κ3) is 3.97. The van der Waals surface area contributed by atoms with Gasteiger partial charge >= 0.3 is 0 Å². The molecule has 0 bridgehead atoms. The molecule has 0 radical (unpaired) electrons. The standard InChI is InChI=1S/C23H22FN5O2S2/c1-14-18(24)20(31-2)28-21(26-14)29-12-16-11-25-22(27-19(30)15-7-4-3-5-8-15)33-23(16,13-29)17-9-6-10-32-17/h3-10,16H,11-13H2,1-2H3,(H,25,27,30)/t16-,23-/m0/s1. The normalized spacial score (nSPS) is 22.0. The first kappa shape index (κ1) is 21.8. The fourth-order valence-corrected chi connectivity index (χ4v) is 6.72. The van der Waals surface area contributed by atoms with Gasteiger partial charge in [0, 0.05) is 36.0 Å². The van der Waals surface area contributed by atoms with Crippen molar-refractivity contribution in [1.29, 1.82) is 0 Å². The van der Waals surface area contributed by atoms with E-state index in [2.05, 4.69) is 36.6 Å². The maximum Gasteiger partial charge on any atom is 0.257 e. The van der Waals surface area contributed by atoms with Gasteiger partial charge in [-0.25, -0.2) is 4.98 Å². The Hall–Kier alpha value is -2.98. The van der Waals surface area contributed by atoms with E-state index in [1.807, 2.05) is 24.3 Å². The third-order valence-corrected chi connectivity index (χ3v) is 8.55. The minimum absolute atomic E-state index is 0.0581. The molecule has 33 heavy (non-hydrogen) atoms. The number of fused-ring (bicyclic) bond motifs is 1. The molecule has 0 spiro atoms. The van der Waals surface area contributed by atoms with Crippen molar-refractivity contribution in [2.45, 2.75) is 11.7 Å². The van der Waals surface area contributed by atoms with Gasteiger partial charge in [0.05, 0.1) is 17.6 Å². The molecular weight excluding hydrogens is 461 g/mol. The lowest BCUT2D eigenvalue weighted by molar-refractivity contribution is 0.0977. The van der Waals surface area contributed by atoms with Crippen LogP contribution in [-0.2, 0) is 4.75 Å². The minimum Gasteiger partial charge on any atom is -0.479 e. The number of anilines is 1. The maximum absolute atomic E-state index is 14.2. The Morgan fingerprint density at radius 2 is 2.06 bits per heavy atom. The van der Waals surface area contributed by atoms with E-state index in [4.69, 9.17) is 4.74 Å². The van der Waals surface area contributed by atoms with Crippen LogP contribution in [0.3, 0.4) is 0 Å². The second-order valence-electron chi connectivity index (χ2n) is 7.94. The first-order valence-corrected chi connectivity index (χ1v) is 12.2. The zero-order valence-corrected chi connectivity index (χ0v) is 19.8. The monoisotopic (exact) mass is 483 g/mol. The summed E-state index contributed by atoms with van der Waals surface area (Å²) >= 11 is 3.26. The molecule has 2 atom stereocenters. The number of ether oxygens (including phenoxy) is 1. The number of benzene rings is 1. The van der Waals surface area contributed by atoms with Gasteiger partial charge in [0.2, 0.25) is 11.8 Å². The molecule has 2 aromatic heterocycles. The second kappa shape index (κ2) is 8.75. The smallest absolute Gasteiger partial charge is 0.257 e. The third-order valence-electron chi connectivity index (χ3n) is 5.91. The van der Waals surface area contributed by atoms with E-state index in [0.717, 1.165) is 0 Å². The molecule has 1 fully saturated rings. The van der Waals surface area contributed by atoms with E-state index in [1.54, 1.807) is 42.2 Å². The summed E-state index contributed by atoms with van der Waals surface area (Å²) in [6.45, 7) is 3.44. The fraction of sp³-hybridized carbons (Fsp3) is 0.304. The summed E-state index contributed by atoms with van der Waals surface area (Å²) in [6.07, 6.45) is 0. The first-order valence-electron chi connectivity index (χ1n) is 10.5. The molecule has 0 unspecified atom stereocenters.